The van der Waals surface area contributed by atoms with Crippen LogP contribution in [0.25, 0.3) is 0 Å². The molecule has 1 N–H and O–H groups in total. The average molecular weight is 382 g/mol. The van der Waals surface area contributed by atoms with Crippen LogP contribution in [0, 0.1) is 0 Å². The van der Waals surface area contributed by atoms with Gasteiger partial charge in [-0.15, -0.1) is 10.2 Å². The van der Waals surface area contributed by atoms with Crippen LogP contribution in [0.5, 0.6) is 0 Å². The SMILES string of the molecule is CCc1ccc(NC(=O)CSc2nnc(C3CC3)n2Cc2ccco2)cc1. The molecule has 3 aromatic rings. The van der Waals surface area contributed by atoms with E-state index in [1.807, 2.05) is 36.4 Å². The minimum Gasteiger partial charge on any atom is -0.467 e. The van der Waals surface area contributed by atoms with Gasteiger partial charge in [0.15, 0.2) is 5.16 Å². The molecule has 0 unspecified atom stereocenters. The van der Waals surface area contributed by atoms with Crippen LogP contribution < -0.4 is 5.32 Å². The minimum absolute atomic E-state index is 0.0511. The fraction of sp³-hybridized carbons (Fsp3) is 0.350. The number of hydrogen-bond acceptors (Lipinski definition) is 5. The molecular formula is C20H22N4O2S. The van der Waals surface area contributed by atoms with Gasteiger partial charge in [0.1, 0.15) is 11.6 Å². The third-order valence-corrected chi connectivity index (χ3v) is 5.53. The van der Waals surface area contributed by atoms with Crippen LogP contribution in [0.2, 0.25) is 0 Å². The second-order valence-electron chi connectivity index (χ2n) is 6.67. The van der Waals surface area contributed by atoms with Crippen molar-refractivity contribution in [1.82, 2.24) is 14.8 Å². The number of aromatic nitrogens is 3. The Bertz CT molecular complexity index is 899. The number of nitrogens with zero attached hydrogens (tertiary/aromatic N) is 3. The van der Waals surface area contributed by atoms with Crippen molar-refractivity contribution in [2.45, 2.75) is 43.8 Å². The van der Waals surface area contributed by atoms with Gasteiger partial charge >= 0.3 is 0 Å². The highest BCUT2D eigenvalue weighted by Crippen LogP contribution is 2.40. The number of carbonyl (C=O) groups excluding carboxylic acids is 1. The molecule has 1 aliphatic carbocycles. The monoisotopic (exact) mass is 382 g/mol. The van der Waals surface area contributed by atoms with Gasteiger partial charge in [-0.2, -0.15) is 0 Å². The number of carbonyl (C=O) groups is 1. The Kier molecular flexibility index (Phi) is 5.29. The van der Waals surface area contributed by atoms with Crippen LogP contribution in [0.15, 0.2) is 52.2 Å². The summed E-state index contributed by atoms with van der Waals surface area (Å²) in [4.78, 5) is 12.3. The normalized spacial score (nSPS) is 13.7. The highest BCUT2D eigenvalue weighted by molar-refractivity contribution is 7.99. The molecule has 1 saturated carbocycles. The van der Waals surface area contributed by atoms with E-state index in [9.17, 15) is 4.79 Å². The molecular weight excluding hydrogens is 360 g/mol. The standard InChI is InChI=1S/C20H22N4O2S/c1-2-14-5-9-16(10-6-14)21-18(25)13-27-20-23-22-19(15-7-8-15)24(20)12-17-4-3-11-26-17/h3-6,9-11,15H,2,7-8,12-13H2,1H3,(H,21,25). The Labute approximate surface area is 162 Å². The van der Waals surface area contributed by atoms with Gasteiger partial charge in [0.05, 0.1) is 18.6 Å². The Morgan fingerprint density at radius 3 is 2.74 bits per heavy atom. The molecule has 0 atom stereocenters. The number of hydrogen-bond donors (Lipinski definition) is 1. The summed E-state index contributed by atoms with van der Waals surface area (Å²) >= 11 is 1.41. The fourth-order valence-corrected chi connectivity index (χ4v) is 3.65. The van der Waals surface area contributed by atoms with Crippen LogP contribution in [0.3, 0.4) is 0 Å². The maximum Gasteiger partial charge on any atom is 0.234 e. The van der Waals surface area contributed by atoms with Crippen molar-refractivity contribution < 1.29 is 9.21 Å². The Morgan fingerprint density at radius 2 is 2.07 bits per heavy atom. The van der Waals surface area contributed by atoms with E-state index in [1.165, 1.54) is 17.3 Å². The highest BCUT2D eigenvalue weighted by Gasteiger charge is 2.30. The molecule has 6 nitrogen and oxygen atoms in total. The van der Waals surface area contributed by atoms with Crippen molar-refractivity contribution in [3.63, 3.8) is 0 Å². The molecule has 0 saturated heterocycles. The van der Waals surface area contributed by atoms with Crippen molar-refractivity contribution in [2.24, 2.45) is 0 Å². The summed E-state index contributed by atoms with van der Waals surface area (Å²) in [5, 5.41) is 12.4. The van der Waals surface area contributed by atoms with E-state index in [0.717, 1.165) is 41.7 Å². The highest BCUT2D eigenvalue weighted by atomic mass is 32.2. The second-order valence-corrected chi connectivity index (χ2v) is 7.61. The number of rotatable bonds is 8. The molecule has 1 aliphatic rings. The first-order chi connectivity index (χ1) is 13.2. The number of aryl methyl sites for hydroxylation is 1. The molecule has 1 amide bonds. The molecule has 0 aliphatic heterocycles. The molecule has 1 fully saturated rings. The topological polar surface area (TPSA) is 73.0 Å². The number of furan rings is 1. The predicted molar refractivity (Wildman–Crippen MR) is 105 cm³/mol. The Morgan fingerprint density at radius 1 is 1.26 bits per heavy atom. The molecule has 140 valence electrons. The van der Waals surface area contributed by atoms with Gasteiger partial charge in [0, 0.05) is 11.6 Å². The van der Waals surface area contributed by atoms with Gasteiger partial charge in [0.2, 0.25) is 5.91 Å². The molecule has 27 heavy (non-hydrogen) atoms. The average Bonchev–Trinajstić information content (AvgIpc) is 3.25. The number of thioether (sulfide) groups is 1. The summed E-state index contributed by atoms with van der Waals surface area (Å²) in [7, 11) is 0. The van der Waals surface area contributed by atoms with E-state index in [4.69, 9.17) is 4.42 Å². The number of amides is 1. The van der Waals surface area contributed by atoms with Crippen LogP contribution in [-0.4, -0.2) is 26.4 Å². The maximum atomic E-state index is 12.3. The van der Waals surface area contributed by atoms with Gasteiger partial charge in [-0.1, -0.05) is 30.8 Å². The van der Waals surface area contributed by atoms with E-state index < -0.39 is 0 Å². The number of benzene rings is 1. The largest absolute Gasteiger partial charge is 0.467 e. The van der Waals surface area contributed by atoms with E-state index >= 15 is 0 Å². The summed E-state index contributed by atoms with van der Waals surface area (Å²) in [6.45, 7) is 2.70. The van der Waals surface area contributed by atoms with Gasteiger partial charge in [-0.05, 0) is 49.1 Å². The third kappa shape index (κ3) is 4.42. The van der Waals surface area contributed by atoms with Crippen LogP contribution in [0.1, 0.15) is 42.8 Å². The zero-order valence-electron chi connectivity index (χ0n) is 15.2. The molecule has 2 aromatic heterocycles. The van der Waals surface area contributed by atoms with Crippen LogP contribution in [-0.2, 0) is 17.8 Å². The lowest BCUT2D eigenvalue weighted by Crippen LogP contribution is -2.15. The molecule has 1 aromatic carbocycles. The lowest BCUT2D eigenvalue weighted by molar-refractivity contribution is -0.113. The van der Waals surface area contributed by atoms with E-state index in [1.54, 1.807) is 6.26 Å². The minimum atomic E-state index is -0.0511. The Balaban J connectivity index is 1.40. The quantitative estimate of drug-likeness (QED) is 0.594. The molecule has 7 heteroatoms. The first-order valence-corrected chi connectivity index (χ1v) is 10.2. The first-order valence-electron chi connectivity index (χ1n) is 9.20. The van der Waals surface area contributed by atoms with E-state index in [2.05, 4.69) is 27.0 Å². The van der Waals surface area contributed by atoms with Crippen molar-refractivity contribution in [3.05, 3.63) is 59.8 Å². The number of anilines is 1. The van der Waals surface area contributed by atoms with E-state index in [0.29, 0.717) is 12.5 Å². The molecule has 4 rings (SSSR count). The maximum absolute atomic E-state index is 12.3. The third-order valence-electron chi connectivity index (χ3n) is 4.56. The van der Waals surface area contributed by atoms with Gasteiger partial charge in [0.25, 0.3) is 0 Å². The van der Waals surface area contributed by atoms with Crippen molar-refractivity contribution >= 4 is 23.4 Å². The lowest BCUT2D eigenvalue weighted by Gasteiger charge is -2.09. The molecule has 0 spiro atoms. The molecule has 0 radical (unpaired) electrons. The number of nitrogens with one attached hydrogen (secondary N) is 1. The van der Waals surface area contributed by atoms with Crippen molar-refractivity contribution in [2.75, 3.05) is 11.1 Å². The summed E-state index contributed by atoms with van der Waals surface area (Å²) in [5.41, 5.74) is 2.06. The predicted octanol–water partition coefficient (Wildman–Crippen LogP) is 4.09. The fourth-order valence-electron chi connectivity index (χ4n) is 2.91. The molecule has 0 bridgehead atoms. The van der Waals surface area contributed by atoms with Gasteiger partial charge in [-0.25, -0.2) is 0 Å². The summed E-state index contributed by atoms with van der Waals surface area (Å²) in [6.07, 6.45) is 4.95. The summed E-state index contributed by atoms with van der Waals surface area (Å²) < 4.78 is 7.55. The van der Waals surface area contributed by atoms with Gasteiger partial charge in [-0.3, -0.25) is 9.36 Å². The Hall–Kier alpha value is -2.54. The zero-order chi connectivity index (χ0) is 18.6. The second kappa shape index (κ2) is 8.00. The smallest absolute Gasteiger partial charge is 0.234 e. The van der Waals surface area contributed by atoms with E-state index in [-0.39, 0.29) is 11.7 Å². The molecule has 2 heterocycles. The van der Waals surface area contributed by atoms with Crippen molar-refractivity contribution in [3.8, 4) is 0 Å². The zero-order valence-corrected chi connectivity index (χ0v) is 16.0. The summed E-state index contributed by atoms with van der Waals surface area (Å²) in [5.74, 6) is 2.57. The van der Waals surface area contributed by atoms with Crippen molar-refractivity contribution in [1.29, 1.82) is 0 Å². The summed E-state index contributed by atoms with van der Waals surface area (Å²) in [6, 6.07) is 11.8. The first kappa shape index (κ1) is 17.9. The lowest BCUT2D eigenvalue weighted by atomic mass is 10.1. The van der Waals surface area contributed by atoms with Gasteiger partial charge < -0.3 is 9.73 Å². The van der Waals surface area contributed by atoms with Crippen LogP contribution >= 0.6 is 11.8 Å². The van der Waals surface area contributed by atoms with Crippen LogP contribution in [0.4, 0.5) is 5.69 Å².